The number of hydrogen-bond donors (Lipinski definition) is 0. The highest BCUT2D eigenvalue weighted by molar-refractivity contribution is 6.33. The number of hydrogen-bond acceptors (Lipinski definition) is 3. The molecule has 1 aromatic heterocycles. The summed E-state index contributed by atoms with van der Waals surface area (Å²) in [4.78, 5) is 2.43. The fourth-order valence-corrected chi connectivity index (χ4v) is 4.80. The number of nitrogens with zero attached hydrogens (tertiary/aromatic N) is 4. The van der Waals surface area contributed by atoms with Crippen molar-refractivity contribution in [3.8, 4) is 11.4 Å². The zero-order valence-corrected chi connectivity index (χ0v) is 17.0. The Morgan fingerprint density at radius 1 is 0.929 bits per heavy atom. The first-order valence-electron chi connectivity index (χ1n) is 10.2. The Morgan fingerprint density at radius 3 is 2.36 bits per heavy atom. The molecule has 2 aromatic carbocycles. The van der Waals surface area contributed by atoms with E-state index in [1.165, 1.54) is 30.5 Å². The molecule has 0 radical (unpaired) electrons. The van der Waals surface area contributed by atoms with Gasteiger partial charge in [0.15, 0.2) is 5.82 Å². The molecule has 1 aliphatic heterocycles. The third-order valence-corrected chi connectivity index (χ3v) is 6.61. The Labute approximate surface area is 171 Å². The van der Waals surface area contributed by atoms with Gasteiger partial charge in [-0.3, -0.25) is 0 Å². The summed E-state index contributed by atoms with van der Waals surface area (Å²) < 4.78 is 2.13. The lowest BCUT2D eigenvalue weighted by Gasteiger charge is -2.29. The molecule has 0 atom stereocenters. The maximum atomic E-state index is 6.70. The quantitative estimate of drug-likeness (QED) is 0.611. The largest absolute Gasteiger partial charge is 0.371 e. The van der Waals surface area contributed by atoms with Crippen LogP contribution < -0.4 is 4.90 Å². The summed E-state index contributed by atoms with van der Waals surface area (Å²) in [5, 5.41) is 9.88. The third-order valence-electron chi connectivity index (χ3n) is 6.29. The number of rotatable bonds is 4. The van der Waals surface area contributed by atoms with E-state index in [1.54, 1.807) is 0 Å². The topological polar surface area (TPSA) is 34.0 Å². The summed E-state index contributed by atoms with van der Waals surface area (Å²) in [6, 6.07) is 17.0. The van der Waals surface area contributed by atoms with E-state index in [1.807, 2.05) is 0 Å². The van der Waals surface area contributed by atoms with Crippen molar-refractivity contribution in [2.45, 2.75) is 37.5 Å². The Bertz CT molecular complexity index is 985. The lowest BCUT2D eigenvalue weighted by Crippen LogP contribution is -2.29. The van der Waals surface area contributed by atoms with E-state index in [2.05, 4.69) is 75.2 Å². The predicted molar refractivity (Wildman–Crippen MR) is 114 cm³/mol. The molecule has 144 valence electrons. The Kier molecular flexibility index (Phi) is 4.39. The molecule has 1 aliphatic carbocycles. The van der Waals surface area contributed by atoms with E-state index in [0.29, 0.717) is 0 Å². The number of anilines is 1. The molecule has 5 heteroatoms. The van der Waals surface area contributed by atoms with E-state index in [0.717, 1.165) is 48.2 Å². The van der Waals surface area contributed by atoms with Crippen LogP contribution in [0.25, 0.3) is 11.4 Å². The van der Waals surface area contributed by atoms with Gasteiger partial charge in [-0.2, -0.15) is 0 Å². The summed E-state index contributed by atoms with van der Waals surface area (Å²) in [5.41, 5.74) is 3.48. The first-order valence-corrected chi connectivity index (χ1v) is 10.6. The monoisotopic (exact) mass is 392 g/mol. The Morgan fingerprint density at radius 2 is 1.68 bits per heavy atom. The van der Waals surface area contributed by atoms with E-state index in [-0.39, 0.29) is 5.41 Å². The molecule has 2 aliphatic rings. The summed E-state index contributed by atoms with van der Waals surface area (Å²) in [7, 11) is 2.06. The highest BCUT2D eigenvalue weighted by Crippen LogP contribution is 2.53. The predicted octanol–water partition coefficient (Wildman–Crippen LogP) is 5.21. The molecule has 2 heterocycles. The first-order chi connectivity index (χ1) is 13.7. The Hall–Kier alpha value is -2.33. The van der Waals surface area contributed by atoms with Gasteiger partial charge in [0.25, 0.3) is 0 Å². The van der Waals surface area contributed by atoms with Crippen molar-refractivity contribution in [2.75, 3.05) is 18.0 Å². The molecule has 0 bridgehead atoms. The average molecular weight is 393 g/mol. The molecule has 3 aromatic rings. The summed E-state index contributed by atoms with van der Waals surface area (Å²) in [5.74, 6) is 1.87. The lowest BCUT2D eigenvalue weighted by atomic mass is 9.95. The van der Waals surface area contributed by atoms with Crippen molar-refractivity contribution >= 4 is 17.3 Å². The highest BCUT2D eigenvalue weighted by Gasteiger charge is 2.49. The van der Waals surface area contributed by atoms with E-state index in [9.17, 15) is 0 Å². The van der Waals surface area contributed by atoms with Crippen LogP contribution in [-0.2, 0) is 12.5 Å². The Balaban J connectivity index is 1.48. The minimum atomic E-state index is 0.00147. The molecule has 0 amide bonds. The molecule has 0 unspecified atom stereocenters. The third kappa shape index (κ3) is 2.91. The molecule has 0 N–H and O–H groups in total. The van der Waals surface area contributed by atoms with Crippen molar-refractivity contribution in [1.29, 1.82) is 0 Å². The van der Waals surface area contributed by atoms with Crippen LogP contribution in [0.3, 0.4) is 0 Å². The first kappa shape index (κ1) is 17.7. The highest BCUT2D eigenvalue weighted by atomic mass is 35.5. The number of piperidine rings is 1. The van der Waals surface area contributed by atoms with Crippen LogP contribution in [0.5, 0.6) is 0 Å². The van der Waals surface area contributed by atoms with Crippen molar-refractivity contribution in [3.05, 3.63) is 64.9 Å². The molecular weight excluding hydrogens is 368 g/mol. The SMILES string of the molecule is Cn1c(-c2ccc(N3CCCCC3)cc2Cl)nnc1C1(c2ccccc2)CC1. The molecule has 28 heavy (non-hydrogen) atoms. The maximum Gasteiger partial charge on any atom is 0.165 e. The fraction of sp³-hybridized carbons (Fsp3) is 0.391. The number of benzene rings is 2. The van der Waals surface area contributed by atoms with Gasteiger partial charge in [-0.05, 0) is 55.9 Å². The van der Waals surface area contributed by atoms with Gasteiger partial charge < -0.3 is 9.47 Å². The van der Waals surface area contributed by atoms with Crippen LogP contribution in [0.4, 0.5) is 5.69 Å². The molecule has 2 fully saturated rings. The maximum absolute atomic E-state index is 6.70. The van der Waals surface area contributed by atoms with E-state index >= 15 is 0 Å². The number of aromatic nitrogens is 3. The molecule has 5 rings (SSSR count). The molecule has 4 nitrogen and oxygen atoms in total. The van der Waals surface area contributed by atoms with E-state index in [4.69, 9.17) is 11.6 Å². The molecule has 0 spiro atoms. The van der Waals surface area contributed by atoms with Gasteiger partial charge in [-0.15, -0.1) is 10.2 Å². The normalized spacial score (nSPS) is 18.3. The minimum Gasteiger partial charge on any atom is -0.371 e. The number of halogens is 1. The van der Waals surface area contributed by atoms with Crippen LogP contribution in [-0.4, -0.2) is 27.9 Å². The summed E-state index contributed by atoms with van der Waals surface area (Å²) >= 11 is 6.70. The average Bonchev–Trinajstić information content (AvgIpc) is 3.46. The second-order valence-corrected chi connectivity index (χ2v) is 8.47. The second-order valence-electron chi connectivity index (χ2n) is 8.07. The van der Waals surface area contributed by atoms with Gasteiger partial charge >= 0.3 is 0 Å². The van der Waals surface area contributed by atoms with Gasteiger partial charge in [0.2, 0.25) is 0 Å². The van der Waals surface area contributed by atoms with Crippen LogP contribution in [0.15, 0.2) is 48.5 Å². The van der Waals surface area contributed by atoms with Crippen LogP contribution in [0.1, 0.15) is 43.5 Å². The smallest absolute Gasteiger partial charge is 0.165 e. The molecule has 1 saturated carbocycles. The van der Waals surface area contributed by atoms with Gasteiger partial charge in [0.05, 0.1) is 10.4 Å². The molecule has 1 saturated heterocycles. The van der Waals surface area contributed by atoms with E-state index < -0.39 is 0 Å². The van der Waals surface area contributed by atoms with Crippen LogP contribution in [0.2, 0.25) is 5.02 Å². The molecular formula is C23H25ClN4. The minimum absolute atomic E-state index is 0.00147. The fourth-order valence-electron chi connectivity index (χ4n) is 4.54. The van der Waals surface area contributed by atoms with Crippen molar-refractivity contribution in [3.63, 3.8) is 0 Å². The van der Waals surface area contributed by atoms with Crippen LogP contribution >= 0.6 is 11.6 Å². The van der Waals surface area contributed by atoms with Crippen molar-refractivity contribution in [1.82, 2.24) is 14.8 Å². The summed E-state index contributed by atoms with van der Waals surface area (Å²) in [6.07, 6.45) is 6.07. The van der Waals surface area contributed by atoms with Gasteiger partial charge in [0.1, 0.15) is 5.82 Å². The van der Waals surface area contributed by atoms with Crippen LogP contribution in [0, 0.1) is 0 Å². The van der Waals surface area contributed by atoms with Crippen molar-refractivity contribution in [2.24, 2.45) is 7.05 Å². The standard InChI is InChI=1S/C23H25ClN4/c1-27-21(19-11-10-18(16-20(19)24)28-14-6-3-7-15-28)25-26-22(27)23(12-13-23)17-8-4-2-5-9-17/h2,4-5,8-11,16H,3,6-7,12-15H2,1H3. The summed E-state index contributed by atoms with van der Waals surface area (Å²) in [6.45, 7) is 2.23. The zero-order valence-electron chi connectivity index (χ0n) is 16.2. The van der Waals surface area contributed by atoms with Crippen molar-refractivity contribution < 1.29 is 0 Å². The van der Waals surface area contributed by atoms with Gasteiger partial charge in [-0.1, -0.05) is 41.9 Å². The second kappa shape index (κ2) is 6.93. The zero-order chi connectivity index (χ0) is 19.1. The van der Waals surface area contributed by atoms with Gasteiger partial charge in [-0.25, -0.2) is 0 Å². The lowest BCUT2D eigenvalue weighted by molar-refractivity contribution is 0.578. The van der Waals surface area contributed by atoms with Gasteiger partial charge in [0, 0.05) is 31.4 Å².